The number of esters is 1. The molecule has 0 aliphatic rings. The number of urea groups is 1. The Kier molecular flexibility index (Phi) is 7.56. The Hall–Kier alpha value is -3.35. The molecule has 0 aromatic heterocycles. The van der Waals surface area contributed by atoms with Crippen LogP contribution in [0.15, 0.2) is 54.6 Å². The predicted octanol–water partition coefficient (Wildman–Crippen LogP) is 3.03. The van der Waals surface area contributed by atoms with Crippen LogP contribution < -0.4 is 16.4 Å². The fourth-order valence-corrected chi connectivity index (χ4v) is 2.74. The molecule has 2 aromatic rings. The second-order valence-electron chi connectivity index (χ2n) is 6.38. The minimum atomic E-state index is -0.950. The first kappa shape index (κ1) is 21.0. The standard InChI is InChI=1S/C21H25N3O4/c1-3-15(16-8-5-4-6-9-16)13-23-19(25)14(2)28-20(26)17-10-7-11-18(12-17)24-21(22)27/h4-12,14-15H,3,13H2,1-2H3,(H,23,25)(H3,22,24,27)/t14-,15-/m0/s1. The smallest absolute Gasteiger partial charge is 0.338 e. The zero-order valence-corrected chi connectivity index (χ0v) is 16.0. The van der Waals surface area contributed by atoms with Crippen molar-refractivity contribution in [3.8, 4) is 0 Å². The van der Waals surface area contributed by atoms with Crippen molar-refractivity contribution in [2.45, 2.75) is 32.3 Å². The number of anilines is 1. The third kappa shape index (κ3) is 6.12. The van der Waals surface area contributed by atoms with E-state index in [4.69, 9.17) is 10.5 Å². The van der Waals surface area contributed by atoms with E-state index in [0.717, 1.165) is 12.0 Å². The molecule has 2 atom stereocenters. The molecular weight excluding hydrogens is 358 g/mol. The van der Waals surface area contributed by atoms with E-state index in [1.54, 1.807) is 12.1 Å². The van der Waals surface area contributed by atoms with Crippen LogP contribution in [0.4, 0.5) is 10.5 Å². The van der Waals surface area contributed by atoms with Gasteiger partial charge in [-0.2, -0.15) is 0 Å². The summed E-state index contributed by atoms with van der Waals surface area (Å²) >= 11 is 0. The molecule has 0 radical (unpaired) electrons. The minimum absolute atomic E-state index is 0.185. The average molecular weight is 383 g/mol. The molecule has 7 heteroatoms. The van der Waals surface area contributed by atoms with Gasteiger partial charge in [0, 0.05) is 18.2 Å². The van der Waals surface area contributed by atoms with Crippen LogP contribution >= 0.6 is 0 Å². The van der Waals surface area contributed by atoms with Crippen LogP contribution in [-0.2, 0) is 9.53 Å². The fraction of sp³-hybridized carbons (Fsp3) is 0.286. The summed E-state index contributed by atoms with van der Waals surface area (Å²) in [7, 11) is 0. The molecule has 0 saturated heterocycles. The molecular formula is C21H25N3O4. The summed E-state index contributed by atoms with van der Waals surface area (Å²) in [5.41, 5.74) is 6.79. The van der Waals surface area contributed by atoms with Gasteiger partial charge in [0.1, 0.15) is 0 Å². The van der Waals surface area contributed by atoms with Crippen molar-refractivity contribution in [2.75, 3.05) is 11.9 Å². The normalized spacial score (nSPS) is 12.5. The number of carbonyl (C=O) groups is 3. The second kappa shape index (κ2) is 10.1. The number of hydrogen-bond donors (Lipinski definition) is 3. The van der Waals surface area contributed by atoms with Crippen LogP contribution in [0.3, 0.4) is 0 Å². The van der Waals surface area contributed by atoms with E-state index >= 15 is 0 Å². The third-order valence-corrected chi connectivity index (χ3v) is 4.31. The highest BCUT2D eigenvalue weighted by atomic mass is 16.5. The number of rotatable bonds is 8. The van der Waals surface area contributed by atoms with Crippen molar-refractivity contribution in [1.82, 2.24) is 5.32 Å². The molecule has 2 aromatic carbocycles. The van der Waals surface area contributed by atoms with Gasteiger partial charge in [-0.15, -0.1) is 0 Å². The Morgan fingerprint density at radius 2 is 1.79 bits per heavy atom. The van der Waals surface area contributed by atoms with E-state index in [1.807, 2.05) is 30.3 Å². The summed E-state index contributed by atoms with van der Waals surface area (Å²) in [6.07, 6.45) is -0.0773. The van der Waals surface area contributed by atoms with Crippen LogP contribution in [0.2, 0.25) is 0 Å². The summed E-state index contributed by atoms with van der Waals surface area (Å²) in [4.78, 5) is 35.5. The fourth-order valence-electron chi connectivity index (χ4n) is 2.74. The van der Waals surface area contributed by atoms with Crippen molar-refractivity contribution in [3.63, 3.8) is 0 Å². The van der Waals surface area contributed by atoms with E-state index in [9.17, 15) is 14.4 Å². The number of benzene rings is 2. The van der Waals surface area contributed by atoms with Gasteiger partial charge in [-0.1, -0.05) is 43.3 Å². The quantitative estimate of drug-likeness (QED) is 0.609. The number of ether oxygens (including phenoxy) is 1. The SMILES string of the molecule is CC[C@@H](CNC(=O)[C@H](C)OC(=O)c1cccc(NC(N)=O)c1)c1ccccc1. The number of carbonyl (C=O) groups excluding carboxylic acids is 3. The highest BCUT2D eigenvalue weighted by Crippen LogP contribution is 2.18. The molecule has 0 bridgehead atoms. The van der Waals surface area contributed by atoms with Gasteiger partial charge in [0.25, 0.3) is 5.91 Å². The molecule has 0 aliphatic heterocycles. The van der Waals surface area contributed by atoms with Gasteiger partial charge >= 0.3 is 12.0 Å². The topological polar surface area (TPSA) is 111 Å². The summed E-state index contributed by atoms with van der Waals surface area (Å²) in [6, 6.07) is 15.3. The molecule has 4 N–H and O–H groups in total. The van der Waals surface area contributed by atoms with Crippen molar-refractivity contribution in [3.05, 3.63) is 65.7 Å². The van der Waals surface area contributed by atoms with E-state index in [1.165, 1.54) is 19.1 Å². The van der Waals surface area contributed by atoms with Crippen molar-refractivity contribution in [2.24, 2.45) is 5.73 Å². The van der Waals surface area contributed by atoms with Crippen molar-refractivity contribution in [1.29, 1.82) is 0 Å². The molecule has 0 spiro atoms. The average Bonchev–Trinajstić information content (AvgIpc) is 2.68. The summed E-state index contributed by atoms with van der Waals surface area (Å²) in [5, 5.41) is 5.22. The number of nitrogens with one attached hydrogen (secondary N) is 2. The predicted molar refractivity (Wildman–Crippen MR) is 107 cm³/mol. The highest BCUT2D eigenvalue weighted by Gasteiger charge is 2.20. The Morgan fingerprint density at radius 3 is 2.43 bits per heavy atom. The number of nitrogens with two attached hydrogens (primary N) is 1. The molecule has 3 amide bonds. The van der Waals surface area contributed by atoms with Crippen molar-refractivity contribution < 1.29 is 19.1 Å². The lowest BCUT2D eigenvalue weighted by Crippen LogP contribution is -2.38. The summed E-state index contributed by atoms with van der Waals surface area (Å²) < 4.78 is 5.23. The first-order chi connectivity index (χ1) is 13.4. The Balaban J connectivity index is 1.91. The van der Waals surface area contributed by atoms with Gasteiger partial charge in [-0.25, -0.2) is 9.59 Å². The van der Waals surface area contributed by atoms with E-state index in [2.05, 4.69) is 17.6 Å². The molecule has 0 unspecified atom stereocenters. The van der Waals surface area contributed by atoms with Crippen LogP contribution in [-0.4, -0.2) is 30.6 Å². The second-order valence-corrected chi connectivity index (χ2v) is 6.38. The van der Waals surface area contributed by atoms with E-state index < -0.39 is 18.1 Å². The monoisotopic (exact) mass is 383 g/mol. The summed E-state index contributed by atoms with van der Waals surface area (Å²) in [6.45, 7) is 4.03. The Labute approximate surface area is 164 Å². The van der Waals surface area contributed by atoms with Crippen molar-refractivity contribution >= 4 is 23.6 Å². The lowest BCUT2D eigenvalue weighted by atomic mass is 9.96. The van der Waals surface area contributed by atoms with Gasteiger partial charge in [-0.3, -0.25) is 4.79 Å². The van der Waals surface area contributed by atoms with Gasteiger partial charge in [0.05, 0.1) is 5.56 Å². The lowest BCUT2D eigenvalue weighted by molar-refractivity contribution is -0.129. The minimum Gasteiger partial charge on any atom is -0.449 e. The number of hydrogen-bond acceptors (Lipinski definition) is 4. The Bertz CT molecular complexity index is 823. The van der Waals surface area contributed by atoms with Crippen LogP contribution in [0, 0.1) is 0 Å². The van der Waals surface area contributed by atoms with Gasteiger partial charge in [-0.05, 0) is 37.1 Å². The van der Waals surface area contributed by atoms with Crippen LogP contribution in [0.5, 0.6) is 0 Å². The molecule has 0 fully saturated rings. The molecule has 0 heterocycles. The maximum Gasteiger partial charge on any atom is 0.338 e. The van der Waals surface area contributed by atoms with Gasteiger partial charge < -0.3 is 21.1 Å². The van der Waals surface area contributed by atoms with Crippen LogP contribution in [0.25, 0.3) is 0 Å². The maximum atomic E-state index is 12.3. The first-order valence-electron chi connectivity index (χ1n) is 9.10. The lowest BCUT2D eigenvalue weighted by Gasteiger charge is -2.18. The van der Waals surface area contributed by atoms with Crippen LogP contribution in [0.1, 0.15) is 42.1 Å². The molecule has 2 rings (SSSR count). The zero-order chi connectivity index (χ0) is 20.5. The molecule has 148 valence electrons. The largest absolute Gasteiger partial charge is 0.449 e. The summed E-state index contributed by atoms with van der Waals surface area (Å²) in [5.74, 6) is -0.843. The maximum absolute atomic E-state index is 12.3. The van der Waals surface area contributed by atoms with E-state index in [-0.39, 0.29) is 17.4 Å². The number of primary amides is 1. The molecule has 0 aliphatic carbocycles. The van der Waals surface area contributed by atoms with Gasteiger partial charge in [0.15, 0.2) is 6.10 Å². The Morgan fingerprint density at radius 1 is 1.07 bits per heavy atom. The third-order valence-electron chi connectivity index (χ3n) is 4.31. The van der Waals surface area contributed by atoms with Gasteiger partial charge in [0.2, 0.25) is 0 Å². The highest BCUT2D eigenvalue weighted by molar-refractivity contribution is 5.94. The van der Waals surface area contributed by atoms with E-state index in [0.29, 0.717) is 12.2 Å². The molecule has 0 saturated carbocycles. The first-order valence-corrected chi connectivity index (χ1v) is 9.10. The number of amides is 3. The molecule has 28 heavy (non-hydrogen) atoms. The zero-order valence-electron chi connectivity index (χ0n) is 16.0. The molecule has 7 nitrogen and oxygen atoms in total.